The van der Waals surface area contributed by atoms with Crippen molar-refractivity contribution < 1.29 is 0 Å². The summed E-state index contributed by atoms with van der Waals surface area (Å²) in [7, 11) is 4.44. The van der Waals surface area contributed by atoms with E-state index in [1.54, 1.807) is 0 Å². The van der Waals surface area contributed by atoms with Crippen molar-refractivity contribution in [2.45, 2.75) is 25.8 Å². The van der Waals surface area contributed by atoms with Crippen LogP contribution in [0.25, 0.3) is 0 Å². The molecule has 0 spiro atoms. The molecule has 2 unspecified atom stereocenters. The van der Waals surface area contributed by atoms with Gasteiger partial charge in [-0.15, -0.1) is 11.6 Å². The summed E-state index contributed by atoms with van der Waals surface area (Å²) in [5.74, 6) is 1.37. The molecule has 0 bridgehead atoms. The van der Waals surface area contributed by atoms with Gasteiger partial charge in [0.15, 0.2) is 0 Å². The highest BCUT2D eigenvalue weighted by molar-refractivity contribution is 6.18. The fourth-order valence-electron chi connectivity index (χ4n) is 2.23. The van der Waals surface area contributed by atoms with Crippen molar-refractivity contribution in [3.63, 3.8) is 0 Å². The lowest BCUT2D eigenvalue weighted by molar-refractivity contribution is 0.207. The van der Waals surface area contributed by atoms with E-state index >= 15 is 0 Å². The lowest BCUT2D eigenvalue weighted by Crippen LogP contribution is -2.38. The van der Waals surface area contributed by atoms with Crippen LogP contribution in [0, 0.1) is 5.92 Å². The van der Waals surface area contributed by atoms with Gasteiger partial charge in [-0.25, -0.2) is 0 Å². The number of alkyl halides is 1. The van der Waals surface area contributed by atoms with Gasteiger partial charge < -0.3 is 9.80 Å². The molecule has 1 saturated heterocycles. The largest absolute Gasteiger partial charge is 0.305 e. The molecular formula is C11H23ClN2. The first-order valence-corrected chi connectivity index (χ1v) is 6.11. The van der Waals surface area contributed by atoms with Crippen LogP contribution in [0.2, 0.25) is 0 Å². The number of nitrogens with zero attached hydrogens (tertiary/aromatic N) is 2. The van der Waals surface area contributed by atoms with Crippen molar-refractivity contribution in [3.8, 4) is 0 Å². The SMILES string of the molecule is CC(CCl)CN(C)CC1CCCN1C. The molecule has 1 aliphatic heterocycles. The highest BCUT2D eigenvalue weighted by Gasteiger charge is 2.22. The minimum absolute atomic E-state index is 0.605. The summed E-state index contributed by atoms with van der Waals surface area (Å²) in [6.45, 7) is 5.79. The number of hydrogen-bond acceptors (Lipinski definition) is 2. The predicted molar refractivity (Wildman–Crippen MR) is 63.0 cm³/mol. The zero-order valence-corrected chi connectivity index (χ0v) is 10.4. The second-order valence-corrected chi connectivity index (χ2v) is 5.07. The van der Waals surface area contributed by atoms with Crippen molar-refractivity contribution >= 4 is 11.6 Å². The summed E-state index contributed by atoms with van der Waals surface area (Å²) in [5.41, 5.74) is 0. The lowest BCUT2D eigenvalue weighted by Gasteiger charge is -2.27. The Hall–Kier alpha value is 0.210. The van der Waals surface area contributed by atoms with Gasteiger partial charge >= 0.3 is 0 Å². The third-order valence-electron chi connectivity index (χ3n) is 3.08. The van der Waals surface area contributed by atoms with Crippen molar-refractivity contribution in [2.24, 2.45) is 5.92 Å². The number of likely N-dealkylation sites (tertiary alicyclic amines) is 1. The monoisotopic (exact) mass is 218 g/mol. The molecule has 1 aliphatic rings. The first kappa shape index (κ1) is 12.3. The van der Waals surface area contributed by atoms with Crippen LogP contribution in [0.15, 0.2) is 0 Å². The van der Waals surface area contributed by atoms with Crippen LogP contribution in [0.1, 0.15) is 19.8 Å². The predicted octanol–water partition coefficient (Wildman–Crippen LogP) is 1.89. The van der Waals surface area contributed by atoms with Gasteiger partial charge in [0.25, 0.3) is 0 Å². The third kappa shape index (κ3) is 3.76. The zero-order chi connectivity index (χ0) is 10.6. The summed E-state index contributed by atoms with van der Waals surface area (Å²) in [4.78, 5) is 4.89. The first-order valence-electron chi connectivity index (χ1n) is 5.58. The van der Waals surface area contributed by atoms with Crippen LogP contribution in [-0.2, 0) is 0 Å². The summed E-state index contributed by atoms with van der Waals surface area (Å²) in [5, 5.41) is 0. The van der Waals surface area contributed by atoms with Crippen molar-refractivity contribution in [2.75, 3.05) is 39.6 Å². The summed E-state index contributed by atoms with van der Waals surface area (Å²) >= 11 is 5.80. The molecule has 0 aromatic rings. The molecule has 2 atom stereocenters. The maximum atomic E-state index is 5.80. The minimum atomic E-state index is 0.605. The van der Waals surface area contributed by atoms with Crippen molar-refractivity contribution in [3.05, 3.63) is 0 Å². The van der Waals surface area contributed by atoms with Crippen LogP contribution in [-0.4, -0.2) is 55.5 Å². The molecule has 1 heterocycles. The topological polar surface area (TPSA) is 6.48 Å². The highest BCUT2D eigenvalue weighted by Crippen LogP contribution is 2.15. The van der Waals surface area contributed by atoms with Crippen LogP contribution in [0.5, 0.6) is 0 Å². The third-order valence-corrected chi connectivity index (χ3v) is 3.61. The molecule has 0 N–H and O–H groups in total. The molecular weight excluding hydrogens is 196 g/mol. The number of likely N-dealkylation sites (N-methyl/N-ethyl adjacent to an activating group) is 2. The highest BCUT2D eigenvalue weighted by atomic mass is 35.5. The quantitative estimate of drug-likeness (QED) is 0.651. The van der Waals surface area contributed by atoms with E-state index in [0.717, 1.165) is 18.5 Å². The first-order chi connectivity index (χ1) is 6.63. The van der Waals surface area contributed by atoms with Gasteiger partial charge in [0.2, 0.25) is 0 Å². The Labute approximate surface area is 93.2 Å². The Morgan fingerprint density at radius 3 is 2.79 bits per heavy atom. The maximum Gasteiger partial charge on any atom is 0.0261 e. The average Bonchev–Trinajstić information content (AvgIpc) is 2.51. The van der Waals surface area contributed by atoms with E-state index in [9.17, 15) is 0 Å². The van der Waals surface area contributed by atoms with Crippen LogP contribution in [0.4, 0.5) is 0 Å². The molecule has 0 radical (unpaired) electrons. The minimum Gasteiger partial charge on any atom is -0.305 e. The van der Waals surface area contributed by atoms with E-state index in [1.165, 1.54) is 25.9 Å². The second-order valence-electron chi connectivity index (χ2n) is 4.76. The molecule has 3 heteroatoms. The van der Waals surface area contributed by atoms with E-state index in [1.807, 2.05) is 0 Å². The lowest BCUT2D eigenvalue weighted by atomic mass is 10.1. The number of hydrogen-bond donors (Lipinski definition) is 0. The average molecular weight is 219 g/mol. The van der Waals surface area contributed by atoms with Gasteiger partial charge in [0, 0.05) is 25.0 Å². The molecule has 0 aliphatic carbocycles. The Bertz CT molecular complexity index is 163. The molecule has 84 valence electrons. The van der Waals surface area contributed by atoms with Gasteiger partial charge in [-0.2, -0.15) is 0 Å². The Morgan fingerprint density at radius 1 is 1.57 bits per heavy atom. The summed E-state index contributed by atoms with van der Waals surface area (Å²) in [6.07, 6.45) is 2.72. The van der Waals surface area contributed by atoms with Gasteiger partial charge in [-0.1, -0.05) is 6.92 Å². The van der Waals surface area contributed by atoms with Crippen molar-refractivity contribution in [1.82, 2.24) is 9.80 Å². The van der Waals surface area contributed by atoms with E-state index < -0.39 is 0 Å². The standard InChI is InChI=1S/C11H23ClN2/c1-10(7-12)8-13(2)9-11-5-4-6-14(11)3/h10-11H,4-9H2,1-3H3. The number of rotatable bonds is 5. The number of halogens is 1. The molecule has 0 aromatic heterocycles. The fraction of sp³-hybridized carbons (Fsp3) is 1.00. The Morgan fingerprint density at radius 2 is 2.29 bits per heavy atom. The van der Waals surface area contributed by atoms with Crippen LogP contribution >= 0.6 is 11.6 Å². The van der Waals surface area contributed by atoms with Gasteiger partial charge in [-0.3, -0.25) is 0 Å². The van der Waals surface area contributed by atoms with Crippen LogP contribution < -0.4 is 0 Å². The molecule has 0 amide bonds. The van der Waals surface area contributed by atoms with Gasteiger partial charge in [0.1, 0.15) is 0 Å². The zero-order valence-electron chi connectivity index (χ0n) is 9.67. The van der Waals surface area contributed by atoms with Crippen molar-refractivity contribution in [1.29, 1.82) is 0 Å². The maximum absolute atomic E-state index is 5.80. The van der Waals surface area contributed by atoms with Gasteiger partial charge in [0.05, 0.1) is 0 Å². The van der Waals surface area contributed by atoms with E-state index in [4.69, 9.17) is 11.6 Å². The smallest absolute Gasteiger partial charge is 0.0261 e. The molecule has 2 nitrogen and oxygen atoms in total. The Kier molecular flexibility index (Phi) is 5.21. The normalized spacial score (nSPS) is 25.9. The molecule has 1 fully saturated rings. The van der Waals surface area contributed by atoms with E-state index in [2.05, 4.69) is 30.8 Å². The fourth-order valence-corrected chi connectivity index (χ4v) is 2.32. The second kappa shape index (κ2) is 5.94. The van der Waals surface area contributed by atoms with Crippen LogP contribution in [0.3, 0.4) is 0 Å². The summed E-state index contributed by atoms with van der Waals surface area (Å²) in [6, 6.07) is 0.766. The van der Waals surface area contributed by atoms with E-state index in [0.29, 0.717) is 5.92 Å². The molecule has 0 saturated carbocycles. The van der Waals surface area contributed by atoms with Gasteiger partial charge in [-0.05, 0) is 39.4 Å². The van der Waals surface area contributed by atoms with E-state index in [-0.39, 0.29) is 0 Å². The molecule has 1 rings (SSSR count). The summed E-state index contributed by atoms with van der Waals surface area (Å²) < 4.78 is 0. The molecule has 14 heavy (non-hydrogen) atoms. The Balaban J connectivity index is 2.22. The molecule has 0 aromatic carbocycles.